The second kappa shape index (κ2) is 8.94. The highest BCUT2D eigenvalue weighted by atomic mass is 16.5. The van der Waals surface area contributed by atoms with Crippen LogP contribution in [0.4, 0.5) is 5.69 Å². The number of benzene rings is 2. The van der Waals surface area contributed by atoms with E-state index >= 15 is 0 Å². The first kappa shape index (κ1) is 21.7. The van der Waals surface area contributed by atoms with E-state index in [1.807, 2.05) is 70.2 Å². The molecule has 7 nitrogen and oxygen atoms in total. The standard InChI is InChI=1S/C25H28N4O3/c1-15(2)23-27-25(32-28-23)20-7-5-6-17(4)22(20)26-24(31)19-12-21(30)29(14-19)13-18-10-8-16(3)9-11-18/h5-11,15,19H,12-14H2,1-4H3,(H,26,31). The number of aromatic nitrogens is 2. The molecule has 2 heterocycles. The van der Waals surface area contributed by atoms with Gasteiger partial charge in [-0.05, 0) is 31.0 Å². The molecule has 1 aliphatic rings. The monoisotopic (exact) mass is 432 g/mol. The van der Waals surface area contributed by atoms with E-state index in [0.717, 1.165) is 11.1 Å². The minimum absolute atomic E-state index is 0.00536. The number of hydrogen-bond donors (Lipinski definition) is 1. The van der Waals surface area contributed by atoms with Crippen LogP contribution in [0.25, 0.3) is 11.5 Å². The lowest BCUT2D eigenvalue weighted by Gasteiger charge is -2.17. The molecule has 0 aliphatic carbocycles. The topological polar surface area (TPSA) is 88.3 Å². The lowest BCUT2D eigenvalue weighted by molar-refractivity contribution is -0.128. The smallest absolute Gasteiger partial charge is 0.260 e. The molecular formula is C25H28N4O3. The van der Waals surface area contributed by atoms with Crippen LogP contribution in [-0.2, 0) is 16.1 Å². The number of carbonyl (C=O) groups excluding carboxylic acids is 2. The molecule has 1 N–H and O–H groups in total. The Morgan fingerprint density at radius 2 is 1.94 bits per heavy atom. The molecular weight excluding hydrogens is 404 g/mol. The Morgan fingerprint density at radius 3 is 2.62 bits per heavy atom. The van der Waals surface area contributed by atoms with Crippen LogP contribution in [0.1, 0.15) is 48.7 Å². The van der Waals surface area contributed by atoms with Crippen molar-refractivity contribution in [1.29, 1.82) is 0 Å². The summed E-state index contributed by atoms with van der Waals surface area (Å²) in [6.45, 7) is 8.85. The van der Waals surface area contributed by atoms with Gasteiger partial charge < -0.3 is 14.7 Å². The van der Waals surface area contributed by atoms with Crippen molar-refractivity contribution in [2.75, 3.05) is 11.9 Å². The van der Waals surface area contributed by atoms with Gasteiger partial charge in [0.2, 0.25) is 11.8 Å². The molecule has 0 bridgehead atoms. The number of rotatable bonds is 6. The van der Waals surface area contributed by atoms with Gasteiger partial charge in [0.25, 0.3) is 5.89 Å². The maximum Gasteiger partial charge on any atom is 0.260 e. The van der Waals surface area contributed by atoms with Crippen molar-refractivity contribution >= 4 is 17.5 Å². The Bertz CT molecular complexity index is 1130. The van der Waals surface area contributed by atoms with E-state index in [0.29, 0.717) is 36.1 Å². The van der Waals surface area contributed by atoms with Crippen LogP contribution in [0.3, 0.4) is 0 Å². The van der Waals surface area contributed by atoms with Crippen molar-refractivity contribution in [2.24, 2.45) is 5.92 Å². The van der Waals surface area contributed by atoms with E-state index in [9.17, 15) is 9.59 Å². The van der Waals surface area contributed by atoms with Gasteiger partial charge in [-0.25, -0.2) is 0 Å². The number of anilines is 1. The van der Waals surface area contributed by atoms with Crippen LogP contribution in [0.5, 0.6) is 0 Å². The zero-order valence-electron chi connectivity index (χ0n) is 18.9. The van der Waals surface area contributed by atoms with E-state index in [1.54, 1.807) is 4.90 Å². The maximum absolute atomic E-state index is 13.1. The molecule has 0 saturated carbocycles. The van der Waals surface area contributed by atoms with E-state index in [4.69, 9.17) is 4.52 Å². The molecule has 0 spiro atoms. The fourth-order valence-electron chi connectivity index (χ4n) is 3.83. The van der Waals surface area contributed by atoms with E-state index in [-0.39, 0.29) is 24.2 Å². The fraction of sp³-hybridized carbons (Fsp3) is 0.360. The minimum Gasteiger partial charge on any atom is -0.338 e. The van der Waals surface area contributed by atoms with Gasteiger partial charge in [-0.1, -0.05) is 61.0 Å². The average molecular weight is 433 g/mol. The van der Waals surface area contributed by atoms with Gasteiger partial charge >= 0.3 is 0 Å². The summed E-state index contributed by atoms with van der Waals surface area (Å²) >= 11 is 0. The summed E-state index contributed by atoms with van der Waals surface area (Å²) in [5.41, 5.74) is 4.44. The number of aryl methyl sites for hydroxylation is 2. The summed E-state index contributed by atoms with van der Waals surface area (Å²) in [7, 11) is 0. The van der Waals surface area contributed by atoms with Crippen molar-refractivity contribution in [3.05, 3.63) is 65.0 Å². The number of hydrogen-bond acceptors (Lipinski definition) is 5. The van der Waals surface area contributed by atoms with Crippen molar-refractivity contribution in [3.8, 4) is 11.5 Å². The Hall–Kier alpha value is -3.48. The third-order valence-electron chi connectivity index (χ3n) is 5.79. The first-order chi connectivity index (χ1) is 15.3. The average Bonchev–Trinajstić information content (AvgIpc) is 3.39. The van der Waals surface area contributed by atoms with Crippen LogP contribution in [-0.4, -0.2) is 33.4 Å². The molecule has 166 valence electrons. The molecule has 1 fully saturated rings. The predicted octanol–water partition coefficient (Wildman–Crippen LogP) is 4.46. The summed E-state index contributed by atoms with van der Waals surface area (Å²) in [5.74, 6) is 0.537. The van der Waals surface area contributed by atoms with Crippen molar-refractivity contribution in [2.45, 2.75) is 46.6 Å². The first-order valence-electron chi connectivity index (χ1n) is 10.9. The molecule has 1 unspecified atom stereocenters. The molecule has 32 heavy (non-hydrogen) atoms. The number of nitrogens with zero attached hydrogens (tertiary/aromatic N) is 3. The molecule has 7 heteroatoms. The predicted molar refractivity (Wildman–Crippen MR) is 122 cm³/mol. The van der Waals surface area contributed by atoms with Crippen molar-refractivity contribution in [1.82, 2.24) is 15.0 Å². The third kappa shape index (κ3) is 4.56. The summed E-state index contributed by atoms with van der Waals surface area (Å²) in [5, 5.41) is 7.06. The van der Waals surface area contributed by atoms with E-state index in [1.165, 1.54) is 5.56 Å². The quantitative estimate of drug-likeness (QED) is 0.621. The van der Waals surface area contributed by atoms with Gasteiger partial charge in [-0.2, -0.15) is 4.98 Å². The number of amides is 2. The molecule has 2 amide bonds. The summed E-state index contributed by atoms with van der Waals surface area (Å²) in [6.07, 6.45) is 0.205. The lowest BCUT2D eigenvalue weighted by Crippen LogP contribution is -2.28. The zero-order chi connectivity index (χ0) is 22.8. The maximum atomic E-state index is 13.1. The number of para-hydroxylation sites is 1. The van der Waals surface area contributed by atoms with Gasteiger partial charge in [0.05, 0.1) is 17.2 Å². The van der Waals surface area contributed by atoms with Crippen LogP contribution in [0, 0.1) is 19.8 Å². The van der Waals surface area contributed by atoms with Gasteiger partial charge in [0.1, 0.15) is 0 Å². The van der Waals surface area contributed by atoms with Crippen molar-refractivity contribution < 1.29 is 14.1 Å². The highest BCUT2D eigenvalue weighted by Gasteiger charge is 2.34. The van der Waals surface area contributed by atoms with E-state index < -0.39 is 5.92 Å². The highest BCUT2D eigenvalue weighted by molar-refractivity contribution is 6.00. The fourth-order valence-corrected chi connectivity index (χ4v) is 3.83. The van der Waals surface area contributed by atoms with Crippen LogP contribution in [0.15, 0.2) is 47.0 Å². The Balaban J connectivity index is 1.49. The SMILES string of the molecule is Cc1ccc(CN2CC(C(=O)Nc3c(C)cccc3-c3nc(C(C)C)no3)CC2=O)cc1. The van der Waals surface area contributed by atoms with Gasteiger partial charge in [0.15, 0.2) is 5.82 Å². The van der Waals surface area contributed by atoms with Gasteiger partial charge in [0, 0.05) is 25.4 Å². The number of nitrogens with one attached hydrogen (secondary N) is 1. The zero-order valence-corrected chi connectivity index (χ0v) is 18.9. The van der Waals surface area contributed by atoms with E-state index in [2.05, 4.69) is 15.5 Å². The number of likely N-dealkylation sites (tertiary alicyclic amines) is 1. The second-order valence-electron chi connectivity index (χ2n) is 8.76. The molecule has 2 aromatic carbocycles. The molecule has 3 aromatic rings. The second-order valence-corrected chi connectivity index (χ2v) is 8.76. The van der Waals surface area contributed by atoms with Crippen LogP contribution >= 0.6 is 0 Å². The van der Waals surface area contributed by atoms with Crippen LogP contribution in [0.2, 0.25) is 0 Å². The summed E-state index contributed by atoms with van der Waals surface area (Å²) in [6, 6.07) is 13.8. The molecule has 1 aromatic heterocycles. The Kier molecular flexibility index (Phi) is 6.08. The molecule has 4 rings (SSSR count). The molecule has 1 aliphatic heterocycles. The van der Waals surface area contributed by atoms with Gasteiger partial charge in [-0.15, -0.1) is 0 Å². The largest absolute Gasteiger partial charge is 0.338 e. The molecule has 1 saturated heterocycles. The lowest BCUT2D eigenvalue weighted by atomic mass is 10.0. The summed E-state index contributed by atoms with van der Waals surface area (Å²) < 4.78 is 5.45. The Labute approximate surface area is 187 Å². The Morgan fingerprint density at radius 1 is 1.19 bits per heavy atom. The van der Waals surface area contributed by atoms with Crippen LogP contribution < -0.4 is 5.32 Å². The molecule has 0 radical (unpaired) electrons. The minimum atomic E-state index is -0.408. The normalized spacial score (nSPS) is 16.1. The number of carbonyl (C=O) groups is 2. The first-order valence-corrected chi connectivity index (χ1v) is 10.9. The summed E-state index contributed by atoms with van der Waals surface area (Å²) in [4.78, 5) is 31.9. The van der Waals surface area contributed by atoms with Gasteiger partial charge in [-0.3, -0.25) is 9.59 Å². The van der Waals surface area contributed by atoms with Crippen molar-refractivity contribution in [3.63, 3.8) is 0 Å². The highest BCUT2D eigenvalue weighted by Crippen LogP contribution is 2.32. The molecule has 1 atom stereocenters. The third-order valence-corrected chi connectivity index (χ3v) is 5.79.